The number of hydrogen-bond acceptors (Lipinski definition) is 3. The fourth-order valence-corrected chi connectivity index (χ4v) is 1.49. The molecule has 0 aliphatic heterocycles. The molecule has 94 valence electrons. The van der Waals surface area contributed by atoms with Crippen LogP contribution in [0.3, 0.4) is 0 Å². The Morgan fingerprint density at radius 2 is 1.83 bits per heavy atom. The molecule has 1 aromatic carbocycles. The van der Waals surface area contributed by atoms with Crippen molar-refractivity contribution in [2.45, 2.75) is 6.18 Å². The van der Waals surface area contributed by atoms with Crippen molar-refractivity contribution in [3.63, 3.8) is 0 Å². The summed E-state index contributed by atoms with van der Waals surface area (Å²) in [5.41, 5.74) is 5.33. The molecule has 0 aliphatic carbocycles. The summed E-state index contributed by atoms with van der Waals surface area (Å²) in [5.74, 6) is -0.190. The molecule has 6 heteroatoms. The minimum atomic E-state index is -4.43. The second-order valence-corrected chi connectivity index (χ2v) is 3.67. The summed E-state index contributed by atoms with van der Waals surface area (Å²) in [5, 5.41) is 9.69. The highest BCUT2D eigenvalue weighted by molar-refractivity contribution is 5.74. The predicted octanol–water partition coefficient (Wildman–Crippen LogP) is 3.06. The van der Waals surface area contributed by atoms with Gasteiger partial charge >= 0.3 is 6.18 Å². The summed E-state index contributed by atoms with van der Waals surface area (Å²) >= 11 is 0. The van der Waals surface area contributed by atoms with Gasteiger partial charge in [-0.05, 0) is 24.3 Å². The predicted molar refractivity (Wildman–Crippen MR) is 60.8 cm³/mol. The van der Waals surface area contributed by atoms with E-state index in [2.05, 4.69) is 4.98 Å². The van der Waals surface area contributed by atoms with Crippen LogP contribution in [0.2, 0.25) is 0 Å². The maximum absolute atomic E-state index is 12.4. The molecule has 0 unspecified atom stereocenters. The van der Waals surface area contributed by atoms with Gasteiger partial charge in [0.15, 0.2) is 0 Å². The fraction of sp³-hybridized carbons (Fsp3) is 0.0833. The highest BCUT2D eigenvalue weighted by Gasteiger charge is 2.30. The zero-order chi connectivity index (χ0) is 13.3. The molecule has 2 rings (SSSR count). The van der Waals surface area contributed by atoms with Crippen LogP contribution in [-0.2, 0) is 6.18 Å². The first-order valence-corrected chi connectivity index (χ1v) is 5.00. The summed E-state index contributed by atoms with van der Waals surface area (Å²) in [6.45, 7) is 0. The summed E-state index contributed by atoms with van der Waals surface area (Å²) < 4.78 is 37.1. The number of anilines is 1. The average Bonchev–Trinajstić information content (AvgIpc) is 2.32. The topological polar surface area (TPSA) is 59.1 Å². The largest absolute Gasteiger partial charge is 0.505 e. The van der Waals surface area contributed by atoms with Crippen molar-refractivity contribution in [1.82, 2.24) is 4.98 Å². The van der Waals surface area contributed by atoms with Crippen LogP contribution >= 0.6 is 0 Å². The Hall–Kier alpha value is -2.24. The van der Waals surface area contributed by atoms with E-state index in [9.17, 15) is 18.3 Å². The molecular weight excluding hydrogens is 245 g/mol. The van der Waals surface area contributed by atoms with E-state index in [0.717, 1.165) is 12.3 Å². The Morgan fingerprint density at radius 3 is 2.39 bits per heavy atom. The molecule has 0 amide bonds. The number of aromatic nitrogens is 1. The van der Waals surface area contributed by atoms with Crippen molar-refractivity contribution in [2.75, 3.05) is 5.73 Å². The summed E-state index contributed by atoms with van der Waals surface area (Å²) in [4.78, 5) is 3.68. The number of para-hydroxylation sites is 1. The zero-order valence-corrected chi connectivity index (χ0v) is 9.07. The maximum Gasteiger partial charge on any atom is 0.417 e. The maximum atomic E-state index is 12.4. The molecule has 1 heterocycles. The summed E-state index contributed by atoms with van der Waals surface area (Å²) in [6.07, 6.45) is -3.71. The van der Waals surface area contributed by atoms with Gasteiger partial charge in [0.05, 0.1) is 16.9 Å². The molecule has 18 heavy (non-hydrogen) atoms. The van der Waals surface area contributed by atoms with Crippen LogP contribution in [0.25, 0.3) is 11.3 Å². The second-order valence-electron chi connectivity index (χ2n) is 3.67. The lowest BCUT2D eigenvalue weighted by Crippen LogP contribution is -2.05. The molecule has 0 radical (unpaired) electrons. The minimum Gasteiger partial charge on any atom is -0.505 e. The van der Waals surface area contributed by atoms with E-state index < -0.39 is 11.7 Å². The quantitative estimate of drug-likeness (QED) is 0.607. The molecular formula is C12H9F3N2O. The number of rotatable bonds is 1. The molecule has 0 saturated heterocycles. The lowest BCUT2D eigenvalue weighted by molar-refractivity contribution is -0.137. The van der Waals surface area contributed by atoms with Crippen molar-refractivity contribution in [3.05, 3.63) is 42.1 Å². The highest BCUT2D eigenvalue weighted by Crippen LogP contribution is 2.34. The number of nitrogens with two attached hydrogens (primary N) is 1. The zero-order valence-electron chi connectivity index (χ0n) is 9.07. The standard InChI is InChI=1S/C12H9F3N2O/c13-12(14,15)7-4-5-10(17-6-7)8-2-1-3-9(16)11(8)18/h1-6,18H,16H2. The van der Waals surface area contributed by atoms with Gasteiger partial charge in [-0.15, -0.1) is 0 Å². The van der Waals surface area contributed by atoms with E-state index in [0.29, 0.717) is 5.56 Å². The number of aromatic hydroxyl groups is 1. The number of benzene rings is 1. The van der Waals surface area contributed by atoms with Crippen molar-refractivity contribution in [2.24, 2.45) is 0 Å². The third-order valence-corrected chi connectivity index (χ3v) is 2.43. The van der Waals surface area contributed by atoms with Gasteiger partial charge in [0.2, 0.25) is 0 Å². The Labute approximate surface area is 101 Å². The lowest BCUT2D eigenvalue weighted by Gasteiger charge is -2.08. The smallest absolute Gasteiger partial charge is 0.417 e. The van der Waals surface area contributed by atoms with Gasteiger partial charge in [-0.25, -0.2) is 0 Å². The number of alkyl halides is 3. The van der Waals surface area contributed by atoms with E-state index in [1.807, 2.05) is 0 Å². The Balaban J connectivity index is 2.44. The molecule has 2 aromatic rings. The summed E-state index contributed by atoms with van der Waals surface area (Å²) in [6, 6.07) is 6.70. The molecule has 0 saturated carbocycles. The number of nitrogens with zero attached hydrogens (tertiary/aromatic N) is 1. The molecule has 1 aromatic heterocycles. The van der Waals surface area contributed by atoms with Crippen LogP contribution in [0.5, 0.6) is 5.75 Å². The molecule has 3 nitrogen and oxygen atoms in total. The molecule has 0 atom stereocenters. The normalized spacial score (nSPS) is 11.5. The first kappa shape index (κ1) is 12.2. The van der Waals surface area contributed by atoms with Crippen molar-refractivity contribution in [1.29, 1.82) is 0 Å². The van der Waals surface area contributed by atoms with Crippen LogP contribution in [0.15, 0.2) is 36.5 Å². The minimum absolute atomic E-state index is 0.147. The van der Waals surface area contributed by atoms with Gasteiger partial charge in [-0.1, -0.05) is 6.07 Å². The van der Waals surface area contributed by atoms with Crippen molar-refractivity contribution < 1.29 is 18.3 Å². The highest BCUT2D eigenvalue weighted by atomic mass is 19.4. The number of nitrogen functional groups attached to an aromatic ring is 1. The number of halogens is 3. The van der Waals surface area contributed by atoms with Gasteiger partial charge in [0.1, 0.15) is 5.75 Å². The van der Waals surface area contributed by atoms with Gasteiger partial charge in [0.25, 0.3) is 0 Å². The van der Waals surface area contributed by atoms with Gasteiger partial charge < -0.3 is 10.8 Å². The van der Waals surface area contributed by atoms with Gasteiger partial charge in [0, 0.05) is 11.8 Å². The van der Waals surface area contributed by atoms with Crippen LogP contribution in [0.1, 0.15) is 5.56 Å². The van der Waals surface area contributed by atoms with Gasteiger partial charge in [-0.2, -0.15) is 13.2 Å². The fourth-order valence-electron chi connectivity index (χ4n) is 1.49. The number of pyridine rings is 1. The molecule has 0 fully saturated rings. The van der Waals surface area contributed by atoms with E-state index in [-0.39, 0.29) is 17.1 Å². The van der Waals surface area contributed by atoms with Crippen LogP contribution in [0, 0.1) is 0 Å². The van der Waals surface area contributed by atoms with E-state index in [1.165, 1.54) is 18.2 Å². The molecule has 0 spiro atoms. The molecule has 0 aliphatic rings. The average molecular weight is 254 g/mol. The Bertz CT molecular complexity index is 565. The molecule has 3 N–H and O–H groups in total. The van der Waals surface area contributed by atoms with Crippen LogP contribution in [-0.4, -0.2) is 10.1 Å². The first-order valence-electron chi connectivity index (χ1n) is 5.00. The van der Waals surface area contributed by atoms with Gasteiger partial charge in [-0.3, -0.25) is 4.98 Å². The van der Waals surface area contributed by atoms with Crippen LogP contribution < -0.4 is 5.73 Å². The van der Waals surface area contributed by atoms with E-state index >= 15 is 0 Å². The summed E-state index contributed by atoms with van der Waals surface area (Å²) in [7, 11) is 0. The lowest BCUT2D eigenvalue weighted by atomic mass is 10.1. The Kier molecular flexibility index (Phi) is 2.86. The van der Waals surface area contributed by atoms with E-state index in [4.69, 9.17) is 5.73 Å². The third-order valence-electron chi connectivity index (χ3n) is 2.43. The Morgan fingerprint density at radius 1 is 1.11 bits per heavy atom. The van der Waals surface area contributed by atoms with Crippen molar-refractivity contribution >= 4 is 5.69 Å². The second kappa shape index (κ2) is 4.21. The number of phenolic OH excluding ortho intramolecular Hbond substituents is 1. The number of hydrogen-bond donors (Lipinski definition) is 2. The van der Waals surface area contributed by atoms with Crippen molar-refractivity contribution in [3.8, 4) is 17.0 Å². The first-order chi connectivity index (χ1) is 8.39. The monoisotopic (exact) mass is 254 g/mol. The van der Waals surface area contributed by atoms with E-state index in [1.54, 1.807) is 6.07 Å². The van der Waals surface area contributed by atoms with Crippen LogP contribution in [0.4, 0.5) is 18.9 Å². The SMILES string of the molecule is Nc1cccc(-c2ccc(C(F)(F)F)cn2)c1O. The molecule has 0 bridgehead atoms. The number of phenols is 1. The third kappa shape index (κ3) is 2.22.